The van der Waals surface area contributed by atoms with Crippen molar-refractivity contribution < 1.29 is 0 Å². The number of aryl methyl sites for hydroxylation is 2. The molecule has 1 N–H and O–H groups in total. The lowest BCUT2D eigenvalue weighted by molar-refractivity contribution is 0.158. The van der Waals surface area contributed by atoms with Crippen LogP contribution in [0.2, 0.25) is 0 Å². The Balaban J connectivity index is 1.53. The lowest BCUT2D eigenvalue weighted by atomic mass is 10.1. The minimum atomic E-state index is -0.0412. The van der Waals surface area contributed by atoms with Crippen LogP contribution in [0.15, 0.2) is 53.3 Å². The first-order valence-corrected chi connectivity index (χ1v) is 12.7. The number of aromatic amines is 1. The molecule has 0 saturated heterocycles. The minimum Gasteiger partial charge on any atom is -0.322 e. The van der Waals surface area contributed by atoms with E-state index in [0.717, 1.165) is 41.6 Å². The fourth-order valence-electron chi connectivity index (χ4n) is 5.34. The summed E-state index contributed by atoms with van der Waals surface area (Å²) in [6, 6.07) is 17.1. The zero-order valence-electron chi connectivity index (χ0n) is 20.9. The Kier molecular flexibility index (Phi) is 6.77. The maximum absolute atomic E-state index is 13.1. The molecular weight excluding hydrogens is 436 g/mol. The largest absolute Gasteiger partial charge is 0.322 e. The van der Waals surface area contributed by atoms with Crippen molar-refractivity contribution in [3.05, 3.63) is 87.0 Å². The van der Waals surface area contributed by atoms with Crippen molar-refractivity contribution in [2.45, 2.75) is 78.0 Å². The number of pyridine rings is 1. The summed E-state index contributed by atoms with van der Waals surface area (Å²) in [6.07, 6.45) is 5.54. The zero-order chi connectivity index (χ0) is 24.4. The number of nitrogens with one attached hydrogen (secondary N) is 1. The molecule has 0 amide bonds. The van der Waals surface area contributed by atoms with E-state index in [1.165, 1.54) is 29.5 Å². The molecule has 1 aliphatic carbocycles. The molecule has 7 nitrogen and oxygen atoms in total. The fourth-order valence-corrected chi connectivity index (χ4v) is 5.34. The fraction of sp³-hybridized carbons (Fsp3) is 0.429. The van der Waals surface area contributed by atoms with Gasteiger partial charge in [0.25, 0.3) is 5.56 Å². The average molecular weight is 471 g/mol. The van der Waals surface area contributed by atoms with E-state index in [1.54, 1.807) is 0 Å². The van der Waals surface area contributed by atoms with E-state index in [1.807, 2.05) is 18.2 Å². The second kappa shape index (κ2) is 10.1. The van der Waals surface area contributed by atoms with Crippen LogP contribution in [0.25, 0.3) is 10.9 Å². The summed E-state index contributed by atoms with van der Waals surface area (Å²) in [5, 5.41) is 14.0. The Morgan fingerprint density at radius 3 is 2.51 bits per heavy atom. The third kappa shape index (κ3) is 5.05. The van der Waals surface area contributed by atoms with Crippen LogP contribution < -0.4 is 5.56 Å². The zero-order valence-corrected chi connectivity index (χ0v) is 20.9. The number of rotatable bonds is 8. The molecule has 1 unspecified atom stereocenters. The van der Waals surface area contributed by atoms with Crippen molar-refractivity contribution in [2.24, 2.45) is 0 Å². The van der Waals surface area contributed by atoms with Crippen LogP contribution in [-0.2, 0) is 13.1 Å². The summed E-state index contributed by atoms with van der Waals surface area (Å²) in [5.41, 5.74) is 5.20. The van der Waals surface area contributed by atoms with E-state index >= 15 is 0 Å². The van der Waals surface area contributed by atoms with Crippen molar-refractivity contribution in [1.29, 1.82) is 0 Å². The van der Waals surface area contributed by atoms with Crippen LogP contribution in [0.4, 0.5) is 0 Å². The van der Waals surface area contributed by atoms with Gasteiger partial charge in [-0.15, -0.1) is 5.10 Å². The topological polar surface area (TPSA) is 79.7 Å². The molecule has 182 valence electrons. The maximum atomic E-state index is 13.1. The third-order valence-corrected chi connectivity index (χ3v) is 7.27. The summed E-state index contributed by atoms with van der Waals surface area (Å²) in [6.45, 7) is 7.58. The van der Waals surface area contributed by atoms with Crippen molar-refractivity contribution in [3.8, 4) is 0 Å². The molecule has 1 saturated carbocycles. The van der Waals surface area contributed by atoms with E-state index < -0.39 is 0 Å². The van der Waals surface area contributed by atoms with Gasteiger partial charge >= 0.3 is 0 Å². The molecule has 1 aliphatic rings. The van der Waals surface area contributed by atoms with Crippen LogP contribution >= 0.6 is 0 Å². The summed E-state index contributed by atoms with van der Waals surface area (Å²) < 4.78 is 2.05. The number of aromatic nitrogens is 5. The Hall–Kier alpha value is -3.32. The highest BCUT2D eigenvalue weighted by atomic mass is 16.1. The molecule has 35 heavy (non-hydrogen) atoms. The van der Waals surface area contributed by atoms with Crippen LogP contribution in [0.5, 0.6) is 0 Å². The Bertz CT molecular complexity index is 1350. The lowest BCUT2D eigenvalue weighted by Crippen LogP contribution is -2.32. The second-order valence-electron chi connectivity index (χ2n) is 9.95. The molecule has 0 aliphatic heterocycles. The number of H-pyrrole nitrogens is 1. The van der Waals surface area contributed by atoms with Crippen molar-refractivity contribution in [2.75, 3.05) is 0 Å². The van der Waals surface area contributed by atoms with Crippen LogP contribution in [0, 0.1) is 13.8 Å². The number of fused-ring (bicyclic) bond motifs is 1. The molecule has 1 atom stereocenters. The molecule has 5 rings (SSSR count). The second-order valence-corrected chi connectivity index (χ2v) is 9.95. The van der Waals surface area contributed by atoms with Gasteiger partial charge in [0, 0.05) is 24.2 Å². The Morgan fingerprint density at radius 2 is 1.77 bits per heavy atom. The predicted octanol–water partition coefficient (Wildman–Crippen LogP) is 5.40. The third-order valence-electron chi connectivity index (χ3n) is 7.27. The van der Waals surface area contributed by atoms with Crippen molar-refractivity contribution >= 4 is 10.9 Å². The quantitative estimate of drug-likeness (QED) is 0.373. The van der Waals surface area contributed by atoms with Crippen LogP contribution in [0.3, 0.4) is 0 Å². The molecule has 0 bridgehead atoms. The number of benzene rings is 2. The molecule has 1 fully saturated rings. The van der Waals surface area contributed by atoms with E-state index in [4.69, 9.17) is 0 Å². The monoisotopic (exact) mass is 470 g/mol. The summed E-state index contributed by atoms with van der Waals surface area (Å²) in [7, 11) is 0. The highest BCUT2D eigenvalue weighted by Gasteiger charge is 2.29. The smallest absolute Gasteiger partial charge is 0.252 e. The highest BCUT2D eigenvalue weighted by molar-refractivity contribution is 5.79. The first kappa shape index (κ1) is 23.4. The predicted molar refractivity (Wildman–Crippen MR) is 138 cm³/mol. The summed E-state index contributed by atoms with van der Waals surface area (Å²) in [4.78, 5) is 18.5. The first-order chi connectivity index (χ1) is 17.0. The van der Waals surface area contributed by atoms with Gasteiger partial charge in [-0.3, -0.25) is 9.69 Å². The lowest BCUT2D eigenvalue weighted by Gasteiger charge is -2.31. The number of hydrogen-bond acceptors (Lipinski definition) is 5. The normalized spacial score (nSPS) is 15.3. The molecule has 0 radical (unpaired) electrons. The van der Waals surface area contributed by atoms with E-state index in [0.29, 0.717) is 19.1 Å². The van der Waals surface area contributed by atoms with Crippen LogP contribution in [0.1, 0.15) is 79.2 Å². The van der Waals surface area contributed by atoms with Gasteiger partial charge < -0.3 is 4.98 Å². The summed E-state index contributed by atoms with van der Waals surface area (Å²) >= 11 is 0. The van der Waals surface area contributed by atoms with Gasteiger partial charge in [0.05, 0.1) is 12.1 Å². The Labute approximate surface area is 206 Å². The minimum absolute atomic E-state index is 0.000454. The molecule has 0 spiro atoms. The standard InChI is InChI=1S/C28H34N6O/c1-4-26(27-30-31-32-34(27)24-7-5-6-8-24)33(17-21-12-9-19(2)10-13-21)18-23-16-22-15-20(3)11-14-25(22)29-28(23)35/h9-16,24,26H,4-8,17-18H2,1-3H3,(H,29,35). The van der Waals surface area contributed by atoms with Gasteiger partial charge in [-0.1, -0.05) is 61.2 Å². The van der Waals surface area contributed by atoms with Crippen molar-refractivity contribution in [3.63, 3.8) is 0 Å². The van der Waals surface area contributed by atoms with E-state index in [2.05, 4.69) is 81.2 Å². The molecule has 7 heteroatoms. The SMILES string of the molecule is CCC(c1nnnn1C1CCCC1)N(Cc1ccc(C)cc1)Cc1cc2cc(C)ccc2[nH]c1=O. The first-order valence-electron chi connectivity index (χ1n) is 12.7. The van der Waals surface area contributed by atoms with Crippen molar-refractivity contribution in [1.82, 2.24) is 30.1 Å². The molecule has 2 heterocycles. The van der Waals surface area contributed by atoms with Gasteiger partial charge in [-0.25, -0.2) is 4.68 Å². The highest BCUT2D eigenvalue weighted by Crippen LogP contribution is 2.33. The molecule has 2 aromatic carbocycles. The van der Waals surface area contributed by atoms with Gasteiger partial charge in [0.15, 0.2) is 5.82 Å². The van der Waals surface area contributed by atoms with Gasteiger partial charge in [-0.2, -0.15) is 0 Å². The molecular formula is C28H34N6O. The van der Waals surface area contributed by atoms with Gasteiger partial charge in [-0.05, 0) is 72.7 Å². The summed E-state index contributed by atoms with van der Waals surface area (Å²) in [5.74, 6) is 0.902. The van der Waals surface area contributed by atoms with E-state index in [9.17, 15) is 4.79 Å². The van der Waals surface area contributed by atoms with E-state index in [-0.39, 0.29) is 11.6 Å². The Morgan fingerprint density at radius 1 is 1.03 bits per heavy atom. The molecule has 2 aromatic heterocycles. The van der Waals surface area contributed by atoms with Crippen LogP contribution in [-0.4, -0.2) is 30.1 Å². The molecule has 4 aromatic rings. The number of tetrazole rings is 1. The number of nitrogens with zero attached hydrogens (tertiary/aromatic N) is 5. The average Bonchev–Trinajstić information content (AvgIpc) is 3.54. The maximum Gasteiger partial charge on any atom is 0.252 e. The van der Waals surface area contributed by atoms with Gasteiger partial charge in [0.2, 0.25) is 0 Å². The van der Waals surface area contributed by atoms with Gasteiger partial charge in [0.1, 0.15) is 0 Å². The number of hydrogen-bond donors (Lipinski definition) is 1.